The van der Waals surface area contributed by atoms with E-state index in [1.165, 1.54) is 12.1 Å². The maximum absolute atomic E-state index is 12.2. The van der Waals surface area contributed by atoms with Crippen LogP contribution in [0.3, 0.4) is 0 Å². The van der Waals surface area contributed by atoms with E-state index in [1.54, 1.807) is 50.6 Å². The van der Waals surface area contributed by atoms with Gasteiger partial charge < -0.3 is 19.5 Å². The molecule has 0 fully saturated rings. The summed E-state index contributed by atoms with van der Waals surface area (Å²) in [5.41, 5.74) is 2.33. The minimum Gasteiger partial charge on any atom is -0.497 e. The van der Waals surface area contributed by atoms with Gasteiger partial charge in [0.15, 0.2) is 0 Å². The molecule has 0 spiro atoms. The van der Waals surface area contributed by atoms with Crippen molar-refractivity contribution in [1.29, 1.82) is 0 Å². The first-order valence-electron chi connectivity index (χ1n) is 10.8. The van der Waals surface area contributed by atoms with Crippen molar-refractivity contribution in [1.82, 2.24) is 5.32 Å². The average molecular weight is 497 g/mol. The van der Waals surface area contributed by atoms with Gasteiger partial charge in [0.1, 0.15) is 28.8 Å². The highest BCUT2D eigenvalue weighted by Gasteiger charge is 2.16. The van der Waals surface area contributed by atoms with Crippen molar-refractivity contribution in [3.05, 3.63) is 89.5 Å². The van der Waals surface area contributed by atoms with Crippen LogP contribution in [0.4, 0.5) is 0 Å². The van der Waals surface area contributed by atoms with Gasteiger partial charge in [-0.1, -0.05) is 36.4 Å². The van der Waals surface area contributed by atoms with Crippen LogP contribution in [0.15, 0.2) is 77.7 Å². The van der Waals surface area contributed by atoms with Crippen molar-refractivity contribution in [3.8, 4) is 17.2 Å². The summed E-state index contributed by atoms with van der Waals surface area (Å²) >= 11 is 0. The Morgan fingerprint density at radius 1 is 0.943 bits per heavy atom. The molecule has 0 aliphatic rings. The number of benzene rings is 3. The van der Waals surface area contributed by atoms with Gasteiger partial charge in [-0.3, -0.25) is 4.79 Å². The third-order valence-electron chi connectivity index (χ3n) is 5.12. The summed E-state index contributed by atoms with van der Waals surface area (Å²) < 4.78 is 40.4. The molecule has 184 valence electrons. The van der Waals surface area contributed by atoms with Crippen LogP contribution in [0.25, 0.3) is 6.08 Å². The van der Waals surface area contributed by atoms with Crippen molar-refractivity contribution in [2.75, 3.05) is 20.8 Å². The summed E-state index contributed by atoms with van der Waals surface area (Å²) in [6.45, 7) is 0.515. The van der Waals surface area contributed by atoms with Gasteiger partial charge >= 0.3 is 0 Å². The van der Waals surface area contributed by atoms with E-state index in [4.69, 9.17) is 19.3 Å². The minimum atomic E-state index is -4.00. The molecular weight excluding hydrogens is 468 g/mol. The molecule has 0 unspecified atom stereocenters. The molecule has 0 aromatic heterocycles. The molecule has 0 heterocycles. The van der Waals surface area contributed by atoms with E-state index >= 15 is 0 Å². The third kappa shape index (κ3) is 7.59. The zero-order chi connectivity index (χ0) is 25.3. The Hall–Kier alpha value is -3.82. The minimum absolute atomic E-state index is 0.0937. The Morgan fingerprint density at radius 2 is 1.71 bits per heavy atom. The first kappa shape index (κ1) is 25.8. The molecule has 0 aliphatic heterocycles. The molecule has 0 radical (unpaired) electrons. The van der Waals surface area contributed by atoms with Crippen molar-refractivity contribution < 1.29 is 27.4 Å². The van der Waals surface area contributed by atoms with E-state index in [-0.39, 0.29) is 23.2 Å². The topological polar surface area (TPSA) is 117 Å². The molecule has 9 heteroatoms. The molecule has 0 bridgehead atoms. The van der Waals surface area contributed by atoms with Gasteiger partial charge in [0, 0.05) is 24.3 Å². The molecule has 3 aromatic rings. The van der Waals surface area contributed by atoms with Crippen LogP contribution in [0.5, 0.6) is 17.2 Å². The van der Waals surface area contributed by atoms with Crippen molar-refractivity contribution in [2.45, 2.75) is 17.9 Å². The maximum atomic E-state index is 12.2. The number of methoxy groups -OCH3 is 2. The van der Waals surface area contributed by atoms with Gasteiger partial charge in [-0.2, -0.15) is 0 Å². The van der Waals surface area contributed by atoms with E-state index in [1.807, 2.05) is 30.3 Å². The van der Waals surface area contributed by atoms with Crippen molar-refractivity contribution >= 4 is 22.0 Å². The highest BCUT2D eigenvalue weighted by atomic mass is 32.2. The molecule has 0 saturated heterocycles. The highest BCUT2D eigenvalue weighted by Crippen LogP contribution is 2.26. The lowest BCUT2D eigenvalue weighted by molar-refractivity contribution is -0.116. The van der Waals surface area contributed by atoms with Crippen LogP contribution >= 0.6 is 0 Å². The average Bonchev–Trinajstić information content (AvgIpc) is 2.86. The second-order valence-corrected chi connectivity index (χ2v) is 9.11. The lowest BCUT2D eigenvalue weighted by atomic mass is 10.1. The zero-order valence-corrected chi connectivity index (χ0v) is 20.4. The number of primary sulfonamides is 1. The maximum Gasteiger partial charge on any atom is 0.244 e. The lowest BCUT2D eigenvalue weighted by Gasteiger charge is -2.12. The first-order chi connectivity index (χ1) is 16.8. The van der Waals surface area contributed by atoms with Gasteiger partial charge in [-0.05, 0) is 47.9 Å². The first-order valence-corrected chi connectivity index (χ1v) is 12.3. The Labute approximate surface area is 205 Å². The molecule has 0 atom stereocenters. The summed E-state index contributed by atoms with van der Waals surface area (Å²) in [6, 6.07) is 19.5. The Kier molecular flexibility index (Phi) is 8.88. The second kappa shape index (κ2) is 12.0. The van der Waals surface area contributed by atoms with Crippen LogP contribution in [0.2, 0.25) is 0 Å². The molecule has 3 aromatic carbocycles. The zero-order valence-electron chi connectivity index (χ0n) is 19.6. The smallest absolute Gasteiger partial charge is 0.244 e. The number of hydrogen-bond acceptors (Lipinski definition) is 6. The molecule has 0 saturated carbocycles. The van der Waals surface area contributed by atoms with E-state index in [9.17, 15) is 13.2 Å². The summed E-state index contributed by atoms with van der Waals surface area (Å²) in [7, 11) is -0.891. The SMILES string of the molecule is COc1ccc(/C=C/C(=O)NCCc2ccc(OCc3ccccc3)c(S(N)(=O)=O)c2)c(OC)c1. The number of rotatable bonds is 11. The Balaban J connectivity index is 1.60. The third-order valence-corrected chi connectivity index (χ3v) is 6.05. The number of sulfonamides is 1. The van der Waals surface area contributed by atoms with Crippen LogP contribution < -0.4 is 24.7 Å². The van der Waals surface area contributed by atoms with Crippen LogP contribution in [-0.2, 0) is 27.8 Å². The largest absolute Gasteiger partial charge is 0.497 e. The number of nitrogens with one attached hydrogen (secondary N) is 1. The summed E-state index contributed by atoms with van der Waals surface area (Å²) in [6.07, 6.45) is 3.46. The number of hydrogen-bond donors (Lipinski definition) is 2. The highest BCUT2D eigenvalue weighted by molar-refractivity contribution is 7.89. The van der Waals surface area contributed by atoms with E-state index in [0.717, 1.165) is 11.1 Å². The number of ether oxygens (including phenoxy) is 3. The molecule has 1 amide bonds. The van der Waals surface area contributed by atoms with Gasteiger partial charge in [-0.15, -0.1) is 0 Å². The molecule has 3 N–H and O–H groups in total. The molecule has 3 rings (SSSR count). The molecule has 0 aliphatic carbocycles. The number of carbonyl (C=O) groups is 1. The van der Waals surface area contributed by atoms with Gasteiger partial charge in [0.05, 0.1) is 14.2 Å². The van der Waals surface area contributed by atoms with E-state index in [2.05, 4.69) is 5.32 Å². The summed E-state index contributed by atoms with van der Waals surface area (Å²) in [5, 5.41) is 8.18. The molecule has 35 heavy (non-hydrogen) atoms. The normalized spacial score (nSPS) is 11.3. The van der Waals surface area contributed by atoms with Crippen LogP contribution in [0, 0.1) is 0 Å². The van der Waals surface area contributed by atoms with Gasteiger partial charge in [0.25, 0.3) is 0 Å². The predicted molar refractivity (Wildman–Crippen MR) is 134 cm³/mol. The Morgan fingerprint density at radius 3 is 2.40 bits per heavy atom. The van der Waals surface area contributed by atoms with Gasteiger partial charge in [0.2, 0.25) is 15.9 Å². The fraction of sp³-hybridized carbons (Fsp3) is 0.192. The fourth-order valence-electron chi connectivity index (χ4n) is 3.30. The lowest BCUT2D eigenvalue weighted by Crippen LogP contribution is -2.23. The Bertz CT molecular complexity index is 1290. The van der Waals surface area contributed by atoms with E-state index < -0.39 is 10.0 Å². The van der Waals surface area contributed by atoms with Crippen LogP contribution in [0.1, 0.15) is 16.7 Å². The fourth-order valence-corrected chi connectivity index (χ4v) is 4.02. The number of nitrogens with two attached hydrogens (primary N) is 1. The quantitative estimate of drug-likeness (QED) is 0.394. The predicted octanol–water partition coefficient (Wildman–Crippen LogP) is 3.30. The molecular formula is C26H28N2O6S. The standard InChI is InChI=1S/C26H28N2O6S/c1-32-22-11-9-21(24(17-22)33-2)10-13-26(29)28-15-14-19-8-12-23(25(16-19)35(27,30)31)34-18-20-6-4-3-5-7-20/h3-13,16-17H,14-15,18H2,1-2H3,(H,28,29)(H2,27,30,31)/b13-10+. The number of carbonyl (C=O) groups excluding carboxylic acids is 1. The van der Waals surface area contributed by atoms with Gasteiger partial charge in [-0.25, -0.2) is 13.6 Å². The van der Waals surface area contributed by atoms with Crippen LogP contribution in [-0.4, -0.2) is 35.1 Å². The van der Waals surface area contributed by atoms with E-state index in [0.29, 0.717) is 30.0 Å². The summed E-state index contributed by atoms with van der Waals surface area (Å²) in [5.74, 6) is 1.12. The number of amides is 1. The monoisotopic (exact) mass is 496 g/mol. The van der Waals surface area contributed by atoms with Crippen molar-refractivity contribution in [3.63, 3.8) is 0 Å². The molecule has 8 nitrogen and oxygen atoms in total. The van der Waals surface area contributed by atoms with Crippen molar-refractivity contribution in [2.24, 2.45) is 5.14 Å². The summed E-state index contributed by atoms with van der Waals surface area (Å²) in [4.78, 5) is 12.1. The second-order valence-electron chi connectivity index (χ2n) is 7.58.